The van der Waals surface area contributed by atoms with Crippen LogP contribution in [-0.2, 0) is 24.4 Å². The molecule has 3 heterocycles. The largest absolute Gasteiger partial charge is 0.481 e. The lowest BCUT2D eigenvalue weighted by atomic mass is 9.85. The van der Waals surface area contributed by atoms with Crippen molar-refractivity contribution in [3.8, 4) is 11.8 Å². The predicted molar refractivity (Wildman–Crippen MR) is 202 cm³/mol. The van der Waals surface area contributed by atoms with Crippen molar-refractivity contribution in [3.05, 3.63) is 42.5 Å². The number of allylic oxidation sites excluding steroid dienone is 1. The zero-order valence-electron chi connectivity index (χ0n) is 32.8. The van der Waals surface area contributed by atoms with E-state index in [4.69, 9.17) is 9.47 Å². The number of aromatic nitrogens is 1. The number of methoxy groups -OCH3 is 1. The fourth-order valence-electron chi connectivity index (χ4n) is 8.08. The second-order valence-corrected chi connectivity index (χ2v) is 19.0. The molecule has 4 aliphatic rings. The Morgan fingerprint density at radius 3 is 2.44 bits per heavy atom. The Morgan fingerprint density at radius 2 is 1.81 bits per heavy atom. The highest BCUT2D eigenvalue weighted by atomic mass is 32.2. The summed E-state index contributed by atoms with van der Waals surface area (Å²) in [5.41, 5.74) is -4.75. The molecule has 3 N–H and O–H groups in total. The van der Waals surface area contributed by atoms with E-state index in [1.807, 2.05) is 6.92 Å². The Morgan fingerprint density at radius 1 is 1.12 bits per heavy atom. The van der Waals surface area contributed by atoms with Crippen LogP contribution in [0.3, 0.4) is 0 Å². The lowest BCUT2D eigenvalue weighted by Crippen LogP contribution is -2.66. The average molecular weight is 822 g/mol. The van der Waals surface area contributed by atoms with E-state index in [1.54, 1.807) is 42.5 Å². The molecule has 14 nitrogen and oxygen atoms in total. The van der Waals surface area contributed by atoms with E-state index in [0.717, 1.165) is 4.90 Å². The Labute approximate surface area is 329 Å². The highest BCUT2D eigenvalue weighted by Crippen LogP contribution is 2.48. The number of carbonyl (C=O) groups excluding carboxylic acids is 3. The summed E-state index contributed by atoms with van der Waals surface area (Å²) < 4.78 is 83.2. The van der Waals surface area contributed by atoms with Crippen LogP contribution in [0, 0.1) is 17.8 Å². The first-order valence-corrected chi connectivity index (χ1v) is 20.6. The van der Waals surface area contributed by atoms with Gasteiger partial charge in [-0.25, -0.2) is 13.2 Å². The van der Waals surface area contributed by atoms with Crippen molar-refractivity contribution in [2.24, 2.45) is 17.8 Å². The molecule has 7 atom stereocenters. The van der Waals surface area contributed by atoms with Crippen molar-refractivity contribution in [1.82, 2.24) is 24.8 Å². The molecule has 0 unspecified atom stereocenters. The summed E-state index contributed by atoms with van der Waals surface area (Å²) in [4.78, 5) is 62.0. The molecule has 0 bridgehead atoms. The van der Waals surface area contributed by atoms with Crippen LogP contribution < -0.4 is 19.5 Å². The zero-order chi connectivity index (χ0) is 41.9. The van der Waals surface area contributed by atoms with Crippen LogP contribution in [-0.4, -0.2) is 106 Å². The number of rotatable bonds is 8. The van der Waals surface area contributed by atoms with Gasteiger partial charge in [0.15, 0.2) is 0 Å². The van der Waals surface area contributed by atoms with Gasteiger partial charge in [0.25, 0.3) is 5.91 Å². The summed E-state index contributed by atoms with van der Waals surface area (Å²) in [6.07, 6.45) is -2.86. The van der Waals surface area contributed by atoms with Crippen LogP contribution in [0.15, 0.2) is 42.5 Å². The lowest BCUT2D eigenvalue weighted by molar-refractivity contribution is -0.222. The summed E-state index contributed by atoms with van der Waals surface area (Å²) in [7, 11) is -2.70. The van der Waals surface area contributed by atoms with Gasteiger partial charge in [-0.3, -0.25) is 24.0 Å². The van der Waals surface area contributed by atoms with Crippen molar-refractivity contribution >= 4 is 44.6 Å². The molecule has 57 heavy (non-hydrogen) atoms. The topological polar surface area (TPSA) is 185 Å². The fourth-order valence-corrected chi connectivity index (χ4v) is 9.39. The van der Waals surface area contributed by atoms with E-state index < -0.39 is 85.9 Å². The molecule has 2 aliphatic carbocycles. The second kappa shape index (κ2) is 15.0. The van der Waals surface area contributed by atoms with Gasteiger partial charge in [0.1, 0.15) is 29.3 Å². The molecule has 2 aromatic rings. The number of alkyl halides is 3. The molecule has 0 spiro atoms. The van der Waals surface area contributed by atoms with Gasteiger partial charge in [-0.15, -0.1) is 0 Å². The number of ether oxygens (including phenoxy) is 2. The van der Waals surface area contributed by atoms with Gasteiger partial charge < -0.3 is 24.8 Å². The number of halogens is 3. The van der Waals surface area contributed by atoms with E-state index in [1.165, 1.54) is 21.0 Å². The number of pyridine rings is 1. The molecule has 4 amide bonds. The van der Waals surface area contributed by atoms with Gasteiger partial charge in [0.2, 0.25) is 33.6 Å². The molecular formula is C39H50F3N5O9S. The number of benzene rings is 1. The zero-order valence-corrected chi connectivity index (χ0v) is 33.6. The van der Waals surface area contributed by atoms with Crippen LogP contribution in [0.5, 0.6) is 11.8 Å². The predicted octanol–water partition coefficient (Wildman–Crippen LogP) is 5.17. The normalized spacial score (nSPS) is 29.2. The molecule has 1 saturated heterocycles. The second-order valence-electron chi connectivity index (χ2n) is 16.8. The summed E-state index contributed by atoms with van der Waals surface area (Å²) in [6.45, 7) is 5.91. The third kappa shape index (κ3) is 7.97. The number of amides is 4. The Hall–Kier alpha value is -4.61. The number of carbonyl (C=O) groups is 4. The van der Waals surface area contributed by atoms with Crippen LogP contribution in [0.2, 0.25) is 0 Å². The van der Waals surface area contributed by atoms with Crippen LogP contribution >= 0.6 is 0 Å². The van der Waals surface area contributed by atoms with E-state index in [9.17, 15) is 45.9 Å². The molecule has 2 saturated carbocycles. The molecule has 1 aromatic carbocycles. The molecule has 1 aromatic heterocycles. The summed E-state index contributed by atoms with van der Waals surface area (Å²) in [5, 5.41) is 14.4. The summed E-state index contributed by atoms with van der Waals surface area (Å²) in [6, 6.07) is 5.39. The SMILES string of the molecule is COc1cc2ccccc2c(O[C@@H]2C[C@H]3C(=O)N[C@]4(C(=O)NS(=O)(=O)C5(C)CC5)C[C@H]4C=CCC[C@H](C)C[C@@H](C)[C@H](N(C(=O)O)C(C)(C)C(F)(F)F)C(=O)N3C2)n1. The minimum Gasteiger partial charge on any atom is -0.481 e. The van der Waals surface area contributed by atoms with E-state index >= 15 is 0 Å². The maximum Gasteiger partial charge on any atom is 0.411 e. The van der Waals surface area contributed by atoms with Crippen LogP contribution in [0.4, 0.5) is 18.0 Å². The summed E-state index contributed by atoms with van der Waals surface area (Å²) >= 11 is 0. The number of sulfonamides is 1. The number of nitrogens with zero attached hydrogens (tertiary/aromatic N) is 3. The molecule has 2 aliphatic heterocycles. The average Bonchev–Trinajstić information content (AvgIpc) is 4.01. The minimum absolute atomic E-state index is 0.0510. The van der Waals surface area contributed by atoms with Gasteiger partial charge in [0.05, 0.1) is 18.4 Å². The fraction of sp³-hybridized carbons (Fsp3) is 0.615. The van der Waals surface area contributed by atoms with Crippen LogP contribution in [0.25, 0.3) is 10.8 Å². The third-order valence-corrected chi connectivity index (χ3v) is 14.3. The van der Waals surface area contributed by atoms with Crippen molar-refractivity contribution in [1.29, 1.82) is 0 Å². The molecule has 18 heteroatoms. The van der Waals surface area contributed by atoms with Crippen molar-refractivity contribution in [2.45, 2.75) is 120 Å². The molecule has 312 valence electrons. The van der Waals surface area contributed by atoms with E-state index in [2.05, 4.69) is 15.0 Å². The quantitative estimate of drug-likeness (QED) is 0.301. The first-order chi connectivity index (χ1) is 26.5. The highest BCUT2D eigenvalue weighted by molar-refractivity contribution is 7.91. The maximum absolute atomic E-state index is 15.0. The molecule has 3 fully saturated rings. The van der Waals surface area contributed by atoms with Gasteiger partial charge in [-0.1, -0.05) is 44.2 Å². The number of nitrogens with one attached hydrogen (secondary N) is 2. The smallest absolute Gasteiger partial charge is 0.411 e. The van der Waals surface area contributed by atoms with Crippen molar-refractivity contribution in [2.75, 3.05) is 13.7 Å². The minimum atomic E-state index is -5.09. The Bertz CT molecular complexity index is 2070. The third-order valence-electron chi connectivity index (χ3n) is 12.2. The molecule has 0 radical (unpaired) electrons. The molecular weight excluding hydrogens is 772 g/mol. The van der Waals surface area contributed by atoms with E-state index in [0.29, 0.717) is 50.3 Å². The standard InChI is InChI=1S/C39H50F3N5O9S/c1-22-11-7-9-13-25-20-38(25,34(50)45-57(53,54)37(5)15-16-37)44-31(48)28-19-26(56-32-27-14-10-8-12-24(27)18-29(43-32)55-6)21-46(28)33(49)30(23(2)17-22)47(35(51)52)36(3,4)39(40,41)42/h8-10,12-14,18,22-23,25-26,28,30H,7,11,15-17,19-21H2,1-6H3,(H,44,48)(H,45,50)(H,51,52)/t22-,23+,25+,26+,28-,30-,38+/m0/s1. The lowest BCUT2D eigenvalue weighted by Gasteiger charge is -2.45. The highest BCUT2D eigenvalue weighted by Gasteiger charge is 2.64. The molecule has 6 rings (SSSR count). The van der Waals surface area contributed by atoms with Crippen LogP contribution in [0.1, 0.15) is 79.6 Å². The Kier molecular flexibility index (Phi) is 11.0. The van der Waals surface area contributed by atoms with Gasteiger partial charge >= 0.3 is 12.3 Å². The van der Waals surface area contributed by atoms with Gasteiger partial charge in [-0.05, 0) is 82.6 Å². The maximum atomic E-state index is 15.0. The van der Waals surface area contributed by atoms with Crippen molar-refractivity contribution < 1.29 is 55.3 Å². The van der Waals surface area contributed by atoms with Gasteiger partial charge in [0, 0.05) is 23.8 Å². The first-order valence-electron chi connectivity index (χ1n) is 19.1. The summed E-state index contributed by atoms with van der Waals surface area (Å²) in [5.74, 6) is -4.32. The monoisotopic (exact) mass is 821 g/mol. The van der Waals surface area contributed by atoms with E-state index in [-0.39, 0.29) is 48.4 Å². The van der Waals surface area contributed by atoms with Gasteiger partial charge in [-0.2, -0.15) is 18.2 Å². The number of hydrogen-bond donors (Lipinski definition) is 3. The number of fused-ring (bicyclic) bond motifs is 3. The number of carboxylic acid groups (broad SMARTS) is 1. The number of hydrogen-bond acceptors (Lipinski definition) is 9. The first kappa shape index (κ1) is 42.0. The Balaban J connectivity index is 1.43. The van der Waals surface area contributed by atoms with Crippen molar-refractivity contribution in [3.63, 3.8) is 0 Å².